The highest BCUT2D eigenvalue weighted by atomic mass is 16.5. The van der Waals surface area contributed by atoms with Crippen molar-refractivity contribution in [3.05, 3.63) is 35.9 Å². The lowest BCUT2D eigenvalue weighted by molar-refractivity contribution is 0.0917. The topological polar surface area (TPSA) is 70.7 Å². The minimum absolute atomic E-state index is 0.0139. The van der Waals surface area contributed by atoms with Crippen LogP contribution in [0, 0.1) is 5.92 Å². The van der Waals surface area contributed by atoms with Crippen LogP contribution in [0.4, 0.5) is 4.79 Å². The van der Waals surface area contributed by atoms with Crippen molar-refractivity contribution in [2.24, 2.45) is 5.92 Å². The monoisotopic (exact) mass is 359 g/mol. The molecule has 1 aliphatic heterocycles. The van der Waals surface area contributed by atoms with Gasteiger partial charge >= 0.3 is 6.03 Å². The number of ether oxygens (including phenoxy) is 1. The van der Waals surface area contributed by atoms with Crippen LogP contribution in [0.3, 0.4) is 0 Å². The van der Waals surface area contributed by atoms with Crippen LogP contribution in [-0.2, 0) is 4.74 Å². The van der Waals surface area contributed by atoms with E-state index in [2.05, 4.69) is 10.6 Å². The van der Waals surface area contributed by atoms with Crippen molar-refractivity contribution in [3.63, 3.8) is 0 Å². The fourth-order valence-corrected chi connectivity index (χ4v) is 3.10. The van der Waals surface area contributed by atoms with Crippen LogP contribution in [0.1, 0.15) is 42.5 Å². The number of amides is 3. The minimum Gasteiger partial charge on any atom is -0.381 e. The molecule has 3 rings (SSSR count). The number of nitrogens with zero attached hydrogens (tertiary/aromatic N) is 1. The van der Waals surface area contributed by atoms with E-state index in [9.17, 15) is 9.59 Å². The highest BCUT2D eigenvalue weighted by Gasteiger charge is 2.24. The minimum atomic E-state index is -0.0419. The van der Waals surface area contributed by atoms with Crippen molar-refractivity contribution < 1.29 is 14.3 Å². The molecule has 0 aromatic heterocycles. The number of hydrogen-bond donors (Lipinski definition) is 2. The van der Waals surface area contributed by atoms with Gasteiger partial charge in [-0.2, -0.15) is 0 Å². The summed E-state index contributed by atoms with van der Waals surface area (Å²) in [6.07, 6.45) is 5.03. The van der Waals surface area contributed by atoms with Gasteiger partial charge in [-0.1, -0.05) is 18.2 Å². The lowest BCUT2D eigenvalue weighted by atomic mass is 10.0. The summed E-state index contributed by atoms with van der Waals surface area (Å²) in [5.74, 6) is 0.743. The molecule has 1 aromatic rings. The molecule has 3 amide bonds. The number of nitrogens with one attached hydrogen (secondary N) is 2. The average Bonchev–Trinajstić information content (AvgIpc) is 3.50. The lowest BCUT2D eigenvalue weighted by Crippen LogP contribution is -2.49. The third-order valence-corrected chi connectivity index (χ3v) is 4.95. The van der Waals surface area contributed by atoms with Crippen LogP contribution in [-0.4, -0.2) is 55.7 Å². The summed E-state index contributed by atoms with van der Waals surface area (Å²) in [6, 6.07) is 9.35. The molecule has 1 aromatic carbocycles. The molecule has 6 nitrogen and oxygen atoms in total. The summed E-state index contributed by atoms with van der Waals surface area (Å²) in [4.78, 5) is 26.2. The molecule has 2 N–H and O–H groups in total. The second-order valence-electron chi connectivity index (χ2n) is 7.20. The number of carbonyl (C=O) groups excluding carboxylic acids is 2. The second-order valence-corrected chi connectivity index (χ2v) is 7.20. The van der Waals surface area contributed by atoms with Gasteiger partial charge in [0, 0.05) is 44.5 Å². The molecule has 0 bridgehead atoms. The van der Waals surface area contributed by atoms with E-state index in [1.54, 1.807) is 0 Å². The highest BCUT2D eigenvalue weighted by molar-refractivity contribution is 5.94. The Balaban J connectivity index is 1.27. The Hall–Kier alpha value is -2.08. The Kier molecular flexibility index (Phi) is 6.89. The summed E-state index contributed by atoms with van der Waals surface area (Å²) in [7, 11) is 0. The van der Waals surface area contributed by atoms with E-state index in [4.69, 9.17) is 4.74 Å². The molecule has 2 fully saturated rings. The molecule has 1 heterocycles. The van der Waals surface area contributed by atoms with Crippen LogP contribution >= 0.6 is 0 Å². The summed E-state index contributed by atoms with van der Waals surface area (Å²) < 4.78 is 5.57. The van der Waals surface area contributed by atoms with Gasteiger partial charge in [0.2, 0.25) is 0 Å². The predicted molar refractivity (Wildman–Crippen MR) is 100 cm³/mol. The maximum atomic E-state index is 12.2. The molecule has 0 atom stereocenters. The molecule has 26 heavy (non-hydrogen) atoms. The van der Waals surface area contributed by atoms with Gasteiger partial charge in [-0.15, -0.1) is 0 Å². The van der Waals surface area contributed by atoms with Crippen LogP contribution in [0.5, 0.6) is 0 Å². The molecule has 6 heteroatoms. The normalized spacial score (nSPS) is 17.8. The van der Waals surface area contributed by atoms with Gasteiger partial charge in [0.25, 0.3) is 5.91 Å². The van der Waals surface area contributed by atoms with Crippen molar-refractivity contribution in [2.75, 3.05) is 32.8 Å². The van der Waals surface area contributed by atoms with E-state index in [1.807, 2.05) is 35.2 Å². The standard InChI is InChI=1S/C20H29N3O3/c24-19(17-5-2-1-3-6-17)22-18-9-12-23(13-10-18)20(25)21-11-4-14-26-15-16-7-8-16/h1-3,5-6,16,18H,4,7-15H2,(H,21,25)(H,22,24). The number of urea groups is 1. The van der Waals surface area contributed by atoms with E-state index in [0.717, 1.165) is 31.8 Å². The first kappa shape index (κ1) is 18.7. The molecular formula is C20H29N3O3. The fraction of sp³-hybridized carbons (Fsp3) is 0.600. The van der Waals surface area contributed by atoms with E-state index in [1.165, 1.54) is 12.8 Å². The third kappa shape index (κ3) is 6.02. The molecular weight excluding hydrogens is 330 g/mol. The van der Waals surface area contributed by atoms with Crippen molar-refractivity contribution in [1.82, 2.24) is 15.5 Å². The highest BCUT2D eigenvalue weighted by Crippen LogP contribution is 2.28. The van der Waals surface area contributed by atoms with Crippen LogP contribution in [0.2, 0.25) is 0 Å². The first-order chi connectivity index (χ1) is 12.7. The van der Waals surface area contributed by atoms with Crippen molar-refractivity contribution in [1.29, 1.82) is 0 Å². The van der Waals surface area contributed by atoms with Gasteiger partial charge < -0.3 is 20.3 Å². The summed E-state index contributed by atoms with van der Waals surface area (Å²) in [6.45, 7) is 3.57. The zero-order chi connectivity index (χ0) is 18.2. The first-order valence-electron chi connectivity index (χ1n) is 9.69. The SMILES string of the molecule is O=C(NC1CCN(C(=O)NCCCOCC2CC2)CC1)c1ccccc1. The number of likely N-dealkylation sites (tertiary alicyclic amines) is 1. The van der Waals surface area contributed by atoms with Crippen molar-refractivity contribution in [2.45, 2.75) is 38.1 Å². The lowest BCUT2D eigenvalue weighted by Gasteiger charge is -2.32. The smallest absolute Gasteiger partial charge is 0.317 e. The summed E-state index contributed by atoms with van der Waals surface area (Å²) >= 11 is 0. The van der Waals surface area contributed by atoms with E-state index < -0.39 is 0 Å². The average molecular weight is 359 g/mol. The molecule has 1 saturated carbocycles. The quantitative estimate of drug-likeness (QED) is 0.700. The first-order valence-corrected chi connectivity index (χ1v) is 9.69. The van der Waals surface area contributed by atoms with Gasteiger partial charge in [-0.3, -0.25) is 4.79 Å². The number of rotatable bonds is 8. The molecule has 1 saturated heterocycles. The zero-order valence-corrected chi connectivity index (χ0v) is 15.3. The van der Waals surface area contributed by atoms with Crippen LogP contribution in [0.15, 0.2) is 30.3 Å². The predicted octanol–water partition coefficient (Wildman–Crippen LogP) is 2.41. The van der Waals surface area contributed by atoms with Crippen LogP contribution in [0.25, 0.3) is 0 Å². The Morgan fingerprint density at radius 2 is 1.81 bits per heavy atom. The Morgan fingerprint density at radius 1 is 1.08 bits per heavy atom. The molecule has 0 unspecified atom stereocenters. The van der Waals surface area contributed by atoms with E-state index in [-0.39, 0.29) is 18.0 Å². The van der Waals surface area contributed by atoms with Gasteiger partial charge in [-0.05, 0) is 50.2 Å². The number of benzene rings is 1. The van der Waals surface area contributed by atoms with E-state index in [0.29, 0.717) is 31.8 Å². The molecule has 142 valence electrons. The van der Waals surface area contributed by atoms with E-state index >= 15 is 0 Å². The zero-order valence-electron chi connectivity index (χ0n) is 15.3. The molecule has 2 aliphatic rings. The van der Waals surface area contributed by atoms with Crippen molar-refractivity contribution >= 4 is 11.9 Å². The van der Waals surface area contributed by atoms with Gasteiger partial charge in [0.1, 0.15) is 0 Å². The maximum absolute atomic E-state index is 12.2. The summed E-state index contributed by atoms with van der Waals surface area (Å²) in [5, 5.41) is 6.02. The Labute approximate surface area is 155 Å². The second kappa shape index (κ2) is 9.57. The molecule has 0 radical (unpaired) electrons. The summed E-state index contributed by atoms with van der Waals surface area (Å²) in [5.41, 5.74) is 0.677. The number of carbonyl (C=O) groups is 2. The van der Waals surface area contributed by atoms with Crippen LogP contribution < -0.4 is 10.6 Å². The van der Waals surface area contributed by atoms with Gasteiger partial charge in [0.05, 0.1) is 0 Å². The molecule has 0 spiro atoms. The van der Waals surface area contributed by atoms with Gasteiger partial charge in [-0.25, -0.2) is 4.79 Å². The van der Waals surface area contributed by atoms with Gasteiger partial charge in [0.15, 0.2) is 0 Å². The fourth-order valence-electron chi connectivity index (χ4n) is 3.10. The Bertz CT molecular complexity index is 581. The molecule has 1 aliphatic carbocycles. The third-order valence-electron chi connectivity index (χ3n) is 4.95. The number of piperidine rings is 1. The number of hydrogen-bond acceptors (Lipinski definition) is 3. The Morgan fingerprint density at radius 3 is 2.50 bits per heavy atom. The largest absolute Gasteiger partial charge is 0.381 e. The maximum Gasteiger partial charge on any atom is 0.317 e. The van der Waals surface area contributed by atoms with Crippen molar-refractivity contribution in [3.8, 4) is 0 Å².